The summed E-state index contributed by atoms with van der Waals surface area (Å²) in [6.45, 7) is 2.70. The number of nitrogens with zero attached hydrogens (tertiary/aromatic N) is 1. The Balaban J connectivity index is 1.30. The minimum absolute atomic E-state index is 0.122. The number of thioether (sulfide) groups is 2. The van der Waals surface area contributed by atoms with Gasteiger partial charge in [-0.3, -0.25) is 4.79 Å². The second-order valence-corrected chi connectivity index (χ2v) is 12.7. The van der Waals surface area contributed by atoms with Crippen LogP contribution in [0.5, 0.6) is 17.2 Å². The fourth-order valence-electron chi connectivity index (χ4n) is 3.43. The van der Waals surface area contributed by atoms with Crippen LogP contribution >= 0.6 is 62.0 Å². The SMILES string of the molecule is CCOc1cc(/C=N\NC(=O)COc2ccc(C3SCCS3)cc2)cc(Br)c1OCc1ccc(I)cc1. The molecule has 3 aromatic rings. The zero-order chi connectivity index (χ0) is 26.0. The summed E-state index contributed by atoms with van der Waals surface area (Å²) in [6, 6.07) is 19.8. The summed E-state index contributed by atoms with van der Waals surface area (Å²) in [5.74, 6) is 3.89. The number of rotatable bonds is 11. The van der Waals surface area contributed by atoms with Crippen LogP contribution in [0.3, 0.4) is 0 Å². The molecule has 0 bridgehead atoms. The first-order valence-electron chi connectivity index (χ1n) is 11.6. The number of carbonyl (C=O) groups is 1. The highest BCUT2D eigenvalue weighted by molar-refractivity contribution is 14.1. The number of halogens is 2. The van der Waals surface area contributed by atoms with Crippen LogP contribution in [0.1, 0.15) is 28.2 Å². The van der Waals surface area contributed by atoms with Gasteiger partial charge in [-0.05, 0) is 98.5 Å². The fraction of sp³-hybridized carbons (Fsp3) is 0.259. The lowest BCUT2D eigenvalue weighted by Gasteiger charge is -2.14. The van der Waals surface area contributed by atoms with Crippen LogP contribution < -0.4 is 19.6 Å². The summed E-state index contributed by atoms with van der Waals surface area (Å²) in [5, 5.41) is 4.07. The van der Waals surface area contributed by atoms with E-state index in [-0.39, 0.29) is 12.5 Å². The Hall–Kier alpha value is -1.89. The number of hydrazone groups is 1. The average Bonchev–Trinajstić information content (AvgIpc) is 3.44. The smallest absolute Gasteiger partial charge is 0.277 e. The van der Waals surface area contributed by atoms with E-state index in [9.17, 15) is 4.79 Å². The Morgan fingerprint density at radius 3 is 2.51 bits per heavy atom. The van der Waals surface area contributed by atoms with E-state index < -0.39 is 0 Å². The zero-order valence-corrected chi connectivity index (χ0v) is 25.5. The van der Waals surface area contributed by atoms with Crippen molar-refractivity contribution in [2.45, 2.75) is 18.1 Å². The van der Waals surface area contributed by atoms with E-state index in [1.165, 1.54) is 20.6 Å². The number of benzene rings is 3. The van der Waals surface area contributed by atoms with Gasteiger partial charge in [-0.25, -0.2) is 5.43 Å². The van der Waals surface area contributed by atoms with E-state index >= 15 is 0 Å². The Morgan fingerprint density at radius 2 is 1.81 bits per heavy atom. The molecule has 0 unspecified atom stereocenters. The minimum atomic E-state index is -0.344. The quantitative estimate of drug-likeness (QED) is 0.131. The van der Waals surface area contributed by atoms with Crippen LogP contribution in [0.2, 0.25) is 0 Å². The molecule has 1 N–H and O–H groups in total. The van der Waals surface area contributed by atoms with Crippen LogP contribution in [0.4, 0.5) is 0 Å². The zero-order valence-electron chi connectivity index (χ0n) is 20.1. The van der Waals surface area contributed by atoms with Gasteiger partial charge in [0, 0.05) is 15.1 Å². The highest BCUT2D eigenvalue weighted by atomic mass is 127. The summed E-state index contributed by atoms with van der Waals surface area (Å²) >= 11 is 9.76. The highest BCUT2D eigenvalue weighted by Crippen LogP contribution is 2.45. The molecule has 4 rings (SSSR count). The summed E-state index contributed by atoms with van der Waals surface area (Å²) < 4.78 is 19.8. The molecule has 1 fully saturated rings. The van der Waals surface area contributed by atoms with Gasteiger partial charge < -0.3 is 14.2 Å². The topological polar surface area (TPSA) is 69.2 Å². The molecule has 1 heterocycles. The van der Waals surface area contributed by atoms with E-state index in [0.717, 1.165) is 15.6 Å². The third-order valence-electron chi connectivity index (χ3n) is 5.17. The third kappa shape index (κ3) is 8.56. The van der Waals surface area contributed by atoms with Gasteiger partial charge in [-0.2, -0.15) is 5.10 Å². The highest BCUT2D eigenvalue weighted by Gasteiger charge is 2.18. The Bertz CT molecular complexity index is 1220. The maximum Gasteiger partial charge on any atom is 0.277 e. The summed E-state index contributed by atoms with van der Waals surface area (Å²) in [5.41, 5.74) is 5.59. The maximum absolute atomic E-state index is 12.2. The molecule has 0 aliphatic carbocycles. The Labute approximate surface area is 247 Å². The number of nitrogens with one attached hydrogen (secondary N) is 1. The van der Waals surface area contributed by atoms with Crippen molar-refractivity contribution in [3.63, 3.8) is 0 Å². The Kier molecular flexibility index (Phi) is 10.9. The Morgan fingerprint density at radius 1 is 1.08 bits per heavy atom. The van der Waals surface area contributed by atoms with Crippen LogP contribution in [-0.2, 0) is 11.4 Å². The van der Waals surface area contributed by atoms with Crippen molar-refractivity contribution in [2.24, 2.45) is 5.10 Å². The lowest BCUT2D eigenvalue weighted by Crippen LogP contribution is -2.24. The predicted octanol–water partition coefficient (Wildman–Crippen LogP) is 7.04. The molecule has 0 saturated carbocycles. The molecule has 0 atom stereocenters. The summed E-state index contributed by atoms with van der Waals surface area (Å²) in [4.78, 5) is 12.2. The first-order chi connectivity index (χ1) is 18.0. The van der Waals surface area contributed by atoms with Crippen molar-refractivity contribution >= 4 is 74.2 Å². The van der Waals surface area contributed by atoms with Crippen molar-refractivity contribution in [1.82, 2.24) is 5.43 Å². The summed E-state index contributed by atoms with van der Waals surface area (Å²) in [7, 11) is 0. The van der Waals surface area contributed by atoms with Crippen molar-refractivity contribution < 1.29 is 19.0 Å². The molecule has 1 saturated heterocycles. The molecule has 0 spiro atoms. The minimum Gasteiger partial charge on any atom is -0.490 e. The number of hydrogen-bond donors (Lipinski definition) is 1. The number of carbonyl (C=O) groups excluding carboxylic acids is 1. The lowest BCUT2D eigenvalue weighted by molar-refractivity contribution is -0.123. The molecule has 194 valence electrons. The van der Waals surface area contributed by atoms with E-state index in [2.05, 4.69) is 61.2 Å². The van der Waals surface area contributed by atoms with Gasteiger partial charge in [0.25, 0.3) is 5.91 Å². The van der Waals surface area contributed by atoms with Gasteiger partial charge in [-0.1, -0.05) is 24.3 Å². The summed E-state index contributed by atoms with van der Waals surface area (Å²) in [6.07, 6.45) is 1.56. The molecule has 10 heteroatoms. The van der Waals surface area contributed by atoms with E-state index in [1.54, 1.807) is 6.21 Å². The third-order valence-corrected chi connectivity index (χ3v) is 9.59. The monoisotopic (exact) mass is 712 g/mol. The first kappa shape index (κ1) is 28.1. The fourth-order valence-corrected chi connectivity index (χ4v) is 7.23. The maximum atomic E-state index is 12.2. The molecule has 1 amide bonds. The van der Waals surface area contributed by atoms with Crippen LogP contribution in [-0.4, -0.2) is 36.8 Å². The molecule has 6 nitrogen and oxygen atoms in total. The van der Waals surface area contributed by atoms with E-state index in [4.69, 9.17) is 14.2 Å². The van der Waals surface area contributed by atoms with Crippen LogP contribution in [0.25, 0.3) is 0 Å². The van der Waals surface area contributed by atoms with Gasteiger partial charge in [0.1, 0.15) is 12.4 Å². The molecule has 3 aromatic carbocycles. The molecule has 37 heavy (non-hydrogen) atoms. The largest absolute Gasteiger partial charge is 0.490 e. The van der Waals surface area contributed by atoms with Crippen molar-refractivity contribution in [2.75, 3.05) is 24.7 Å². The van der Waals surface area contributed by atoms with E-state index in [1.807, 2.05) is 79.0 Å². The predicted molar refractivity (Wildman–Crippen MR) is 164 cm³/mol. The second-order valence-electron chi connectivity index (χ2n) is 7.90. The van der Waals surface area contributed by atoms with Gasteiger partial charge >= 0.3 is 0 Å². The standard InChI is InChI=1S/C27H26BrIN2O4S2/c1-2-33-24-14-19(13-23(28)26(24)35-16-18-3-7-21(29)8-4-18)15-30-31-25(32)17-34-22-9-5-20(6-10-22)27-36-11-12-37-27/h3-10,13-15,27H,2,11-12,16-17H2,1H3,(H,31,32)/b30-15-. The molecule has 1 aliphatic rings. The molecule has 0 radical (unpaired) electrons. The van der Waals surface area contributed by atoms with Crippen LogP contribution in [0, 0.1) is 3.57 Å². The van der Waals surface area contributed by atoms with Gasteiger partial charge in [0.15, 0.2) is 18.1 Å². The molecule has 0 aromatic heterocycles. The average molecular weight is 713 g/mol. The molecule has 1 aliphatic heterocycles. The first-order valence-corrected chi connectivity index (χ1v) is 15.6. The molecular formula is C27H26BrIN2O4S2. The molecular weight excluding hydrogens is 687 g/mol. The van der Waals surface area contributed by atoms with Gasteiger partial charge in [-0.15, -0.1) is 23.5 Å². The lowest BCUT2D eigenvalue weighted by atomic mass is 10.2. The van der Waals surface area contributed by atoms with Crippen molar-refractivity contribution in [3.05, 3.63) is 85.4 Å². The van der Waals surface area contributed by atoms with Gasteiger partial charge in [0.2, 0.25) is 0 Å². The number of hydrogen-bond acceptors (Lipinski definition) is 7. The van der Waals surface area contributed by atoms with Crippen LogP contribution in [0.15, 0.2) is 70.2 Å². The van der Waals surface area contributed by atoms with Crippen molar-refractivity contribution in [1.29, 1.82) is 0 Å². The van der Waals surface area contributed by atoms with E-state index in [0.29, 0.717) is 35.0 Å². The van der Waals surface area contributed by atoms with Crippen molar-refractivity contribution in [3.8, 4) is 17.2 Å². The normalized spacial score (nSPS) is 13.6. The number of ether oxygens (including phenoxy) is 3. The number of amides is 1. The van der Waals surface area contributed by atoms with Gasteiger partial charge in [0.05, 0.1) is 21.9 Å². The second kappa shape index (κ2) is 14.3.